The molecule has 0 aliphatic heterocycles. The summed E-state index contributed by atoms with van der Waals surface area (Å²) in [7, 11) is 4.72. The lowest BCUT2D eigenvalue weighted by Crippen LogP contribution is -2.20. The number of aromatic nitrogens is 11. The van der Waals surface area contributed by atoms with Crippen molar-refractivity contribution >= 4 is 173 Å². The fraction of sp³-hybridized carbons (Fsp3) is 0.117. The van der Waals surface area contributed by atoms with E-state index in [1.54, 1.807) is 113 Å². The molecule has 21 rings (SSSR count). The lowest BCUT2D eigenvalue weighted by Gasteiger charge is -2.11. The third kappa shape index (κ3) is 23.1. The monoisotopic (exact) mass is 1890 g/mol. The van der Waals surface area contributed by atoms with Crippen LogP contribution in [-0.4, -0.2) is 136 Å². The first-order valence-electron chi connectivity index (χ1n) is 45.0. The predicted octanol–water partition coefficient (Wildman–Crippen LogP) is 22.4. The maximum absolute atomic E-state index is 12.6. The van der Waals surface area contributed by atoms with Gasteiger partial charge < -0.3 is 55.1 Å². The summed E-state index contributed by atoms with van der Waals surface area (Å²) < 4.78 is 22.6. The number of ether oxygens (including phenoxy) is 3. The van der Waals surface area contributed by atoms with E-state index in [2.05, 4.69) is 131 Å². The van der Waals surface area contributed by atoms with E-state index in [9.17, 15) is 43.5 Å². The van der Waals surface area contributed by atoms with E-state index < -0.39 is 12.0 Å². The first-order chi connectivity index (χ1) is 68.6. The number of carbonyl (C=O) groups excluding carboxylic acids is 8. The zero-order chi connectivity index (χ0) is 98.0. The largest absolute Gasteiger partial charge is 0.493 e. The smallest absolute Gasteiger partial charge is 0.257 e. The van der Waals surface area contributed by atoms with Crippen LogP contribution in [-0.2, 0) is 46.3 Å². The van der Waals surface area contributed by atoms with Crippen molar-refractivity contribution in [1.29, 1.82) is 0 Å². The van der Waals surface area contributed by atoms with E-state index in [0.29, 0.717) is 75.4 Å². The molecule has 141 heavy (non-hydrogen) atoms. The third-order valence-corrected chi connectivity index (χ3v) is 24.3. The Bertz CT molecular complexity index is 8120. The zero-order valence-corrected chi connectivity index (χ0v) is 78.1. The van der Waals surface area contributed by atoms with Crippen molar-refractivity contribution in [3.63, 3.8) is 0 Å². The molecule has 0 saturated carbocycles. The fourth-order valence-electron chi connectivity index (χ4n) is 15.9. The van der Waals surface area contributed by atoms with Gasteiger partial charge in [0.1, 0.15) is 22.8 Å². The van der Waals surface area contributed by atoms with E-state index in [0.717, 1.165) is 132 Å². The number of para-hydroxylation sites is 1. The van der Waals surface area contributed by atoms with Crippen molar-refractivity contribution in [1.82, 2.24) is 56.0 Å². The van der Waals surface area contributed by atoms with Gasteiger partial charge in [-0.05, 0) is 194 Å². The van der Waals surface area contributed by atoms with E-state index in [4.69, 9.17) is 18.6 Å². The summed E-state index contributed by atoms with van der Waals surface area (Å²) >= 11 is 1.71. The number of thiophene rings is 1. The number of aliphatic hydroxyl groups is 1. The van der Waals surface area contributed by atoms with E-state index in [1.807, 2.05) is 194 Å². The number of nitrogens with zero attached hydrogens (tertiary/aromatic N) is 6. The molecule has 8 aromatic heterocycles. The van der Waals surface area contributed by atoms with Gasteiger partial charge in [-0.2, -0.15) is 25.5 Å². The van der Waals surface area contributed by atoms with Crippen molar-refractivity contribution in [2.24, 2.45) is 0 Å². The molecule has 0 spiro atoms. The van der Waals surface area contributed by atoms with Crippen LogP contribution in [0.2, 0.25) is 0 Å². The van der Waals surface area contributed by atoms with Crippen molar-refractivity contribution in [3.8, 4) is 67.3 Å². The summed E-state index contributed by atoms with van der Waals surface area (Å²) in [6.45, 7) is 4.97. The van der Waals surface area contributed by atoms with Crippen molar-refractivity contribution in [2.75, 3.05) is 54.5 Å². The number of aliphatic hydroxyl groups excluding tert-OH is 1. The quantitative estimate of drug-likeness (QED) is 0.0224. The van der Waals surface area contributed by atoms with Crippen LogP contribution < -0.4 is 36.1 Å². The maximum atomic E-state index is 12.6. The number of furan rings is 1. The molecule has 702 valence electrons. The average molecular weight is 1890 g/mol. The minimum atomic E-state index is -1.24. The van der Waals surface area contributed by atoms with Crippen LogP contribution in [0.25, 0.3) is 142 Å². The van der Waals surface area contributed by atoms with Gasteiger partial charge in [0.15, 0.2) is 34.9 Å². The molecule has 21 aromatic rings. The lowest BCUT2D eigenvalue weighted by molar-refractivity contribution is -0.124. The van der Waals surface area contributed by atoms with Gasteiger partial charge in [-0.15, -0.1) is 11.3 Å². The molecule has 5 amide bonds. The van der Waals surface area contributed by atoms with Gasteiger partial charge in [0.05, 0.1) is 89.6 Å². The molecule has 8 heterocycles. The molecule has 1 atom stereocenters. The van der Waals surface area contributed by atoms with E-state index in [1.165, 1.54) is 29.3 Å². The second-order valence-corrected chi connectivity index (χ2v) is 34.2. The van der Waals surface area contributed by atoms with Crippen LogP contribution in [0.1, 0.15) is 83.7 Å². The van der Waals surface area contributed by atoms with Gasteiger partial charge >= 0.3 is 0 Å². The number of benzene rings is 13. The van der Waals surface area contributed by atoms with Gasteiger partial charge in [-0.25, -0.2) is 0 Å². The Hall–Kier alpha value is -18.0. The molecular formula is C111H94N16O13S. The predicted molar refractivity (Wildman–Crippen MR) is 552 cm³/mol. The van der Waals surface area contributed by atoms with Crippen LogP contribution in [0.15, 0.2) is 320 Å². The highest BCUT2D eigenvalue weighted by Crippen LogP contribution is 2.40. The Labute approximate surface area is 810 Å². The van der Waals surface area contributed by atoms with Crippen molar-refractivity contribution in [3.05, 3.63) is 344 Å². The van der Waals surface area contributed by atoms with Gasteiger partial charge in [0, 0.05) is 125 Å². The number of Topliss-reactive ketones (excluding diaryl/α,β-unsaturated/α-hetero) is 3. The summed E-state index contributed by atoms with van der Waals surface area (Å²) in [4.78, 5) is 101. The Morgan fingerprint density at radius 2 is 0.830 bits per heavy atom. The van der Waals surface area contributed by atoms with Crippen LogP contribution in [0.3, 0.4) is 0 Å². The summed E-state index contributed by atoms with van der Waals surface area (Å²) in [6.07, 6.45) is 1.61. The van der Waals surface area contributed by atoms with Gasteiger partial charge in [-0.1, -0.05) is 164 Å². The molecular weight excluding hydrogens is 1800 g/mol. The highest BCUT2D eigenvalue weighted by molar-refractivity contribution is 7.22. The number of H-pyrrole nitrogens is 5. The summed E-state index contributed by atoms with van der Waals surface area (Å²) in [5.41, 5.74) is 18.7. The standard InChI is InChI=1S/C25H23N3O4.C23H17N3O3.C22H18N4O2.C22H19N3O2.C19H17N3O2S/c1-15(29)17-5-7-18(8-6-17)25-20-14-19(9-10-21(20)27-28-25)26-24(30)13-16-4-11-22(31-2)23(12-16)32-3;27-22(14-6-2-1-3-7-14)23(28)24-16-10-11-18-17(13-16)21(26-25-18)20-12-15-8-4-5-9-19(15)29-20;1-14(27)15-5-7-16(8-6-15)22-19-12-18(9-10-20(19)25-26-22)24-21(28)13-17-4-2-3-11-23-17;1-14(26)6-11-21(27)23-18-9-10-20-19(13-18)22(25-24-20)17-8-7-15-4-2-3-5-16(15)12-17;1-24-9-8-18(23)20-13-6-7-15-14(11-13)19(22-21-15)17-10-12-4-2-3-5-16(12)25-17/h4-12,14H,13H2,1-3H3,(H,26,30)(H,27,28);1-13,22,27H,(H,24,28)(H,25,26);2-12H,13H2,1H3,(H,24,28)(H,25,26);2-5,7-10,12-13H,6,11H2,1H3,(H,23,27)(H,24,25);2-7,10-11H,8-9H2,1H3,(H,20,23)(H,21,22). The minimum Gasteiger partial charge on any atom is -0.493 e. The number of rotatable bonds is 26. The molecule has 30 heteroatoms. The first kappa shape index (κ1) is 94.8. The third-order valence-electron chi connectivity index (χ3n) is 23.2. The molecule has 0 fully saturated rings. The number of ketones is 3. The highest BCUT2D eigenvalue weighted by atomic mass is 32.1. The second-order valence-electron chi connectivity index (χ2n) is 33.1. The molecule has 29 nitrogen and oxygen atoms in total. The van der Waals surface area contributed by atoms with Crippen LogP contribution in [0, 0.1) is 0 Å². The SMILES string of the molecule is CC(=O)CCC(=O)Nc1ccc2[nH]nc(-c3ccc4ccccc4c3)c2c1.CC(=O)c1ccc(-c2n[nH]c3ccc(NC(=O)Cc4ccccn4)cc23)cc1.COCCC(=O)Nc1ccc2[nH]nc(-c3cc4ccccc4s3)c2c1.COc1ccc(CC(=O)Nc2ccc3[nH]nc(-c4ccc(C(C)=O)cc4)c3c2)cc1OC.O=C(Nc1ccc2[nH]nc(-c3cc4ccccc4o3)c2c1)C(O)c1ccccc1. The van der Waals surface area contributed by atoms with Crippen LogP contribution in [0.4, 0.5) is 28.4 Å². The van der Waals surface area contributed by atoms with E-state index >= 15 is 0 Å². The Morgan fingerprint density at radius 1 is 0.376 bits per heavy atom. The number of aromatic amines is 5. The Morgan fingerprint density at radius 3 is 1.35 bits per heavy atom. The molecule has 11 N–H and O–H groups in total. The molecule has 0 aliphatic rings. The number of nitrogens with one attached hydrogen (secondary N) is 10. The number of pyridine rings is 1. The topological polar surface area (TPSA) is 414 Å². The Kier molecular flexibility index (Phi) is 29.4. The highest BCUT2D eigenvalue weighted by Gasteiger charge is 2.23. The summed E-state index contributed by atoms with van der Waals surface area (Å²) in [5, 5.41) is 71.0. The minimum absolute atomic E-state index is 0.00836. The average Bonchev–Trinajstić information content (AvgIpc) is 1.64. The number of hydrogen-bond acceptors (Lipinski definition) is 20. The number of carbonyl (C=O) groups is 8. The van der Waals surface area contributed by atoms with Gasteiger partial charge in [-0.3, -0.25) is 64.0 Å². The second kappa shape index (κ2) is 43.8. The molecule has 0 radical (unpaired) electrons. The number of methoxy groups -OCH3 is 3. The lowest BCUT2D eigenvalue weighted by atomic mass is 10.0. The van der Waals surface area contributed by atoms with Crippen LogP contribution in [0.5, 0.6) is 11.5 Å². The molecule has 13 aromatic carbocycles. The first-order valence-corrected chi connectivity index (χ1v) is 45.9. The Balaban J connectivity index is 0.000000122. The number of amides is 5. The maximum Gasteiger partial charge on any atom is 0.257 e. The number of anilines is 5. The summed E-state index contributed by atoms with van der Waals surface area (Å²) in [5.74, 6) is 0.890. The van der Waals surface area contributed by atoms with E-state index in [-0.39, 0.29) is 66.7 Å². The molecule has 0 bridgehead atoms. The zero-order valence-electron chi connectivity index (χ0n) is 77.3. The molecule has 0 aliphatic carbocycles. The molecule has 0 saturated heterocycles. The number of fused-ring (bicyclic) bond motifs is 8. The van der Waals surface area contributed by atoms with Crippen molar-refractivity contribution in [2.45, 2.75) is 59.0 Å². The van der Waals surface area contributed by atoms with Crippen molar-refractivity contribution < 1.29 is 62.1 Å². The van der Waals surface area contributed by atoms with Crippen LogP contribution >= 0.6 is 11.3 Å². The molecule has 1 unspecified atom stereocenters. The normalized spacial score (nSPS) is 11.2. The number of hydrogen-bond donors (Lipinski definition) is 11. The fourth-order valence-corrected chi connectivity index (χ4v) is 17.0. The summed E-state index contributed by atoms with van der Waals surface area (Å²) in [6, 6.07) is 97.0. The van der Waals surface area contributed by atoms with Gasteiger partial charge in [0.2, 0.25) is 23.6 Å². The van der Waals surface area contributed by atoms with Gasteiger partial charge in [0.25, 0.3) is 5.91 Å².